The van der Waals surface area contributed by atoms with E-state index in [1.54, 1.807) is 12.1 Å². The van der Waals surface area contributed by atoms with Gasteiger partial charge in [0.05, 0.1) is 0 Å². The van der Waals surface area contributed by atoms with Crippen molar-refractivity contribution in [1.82, 2.24) is 15.6 Å². The van der Waals surface area contributed by atoms with Gasteiger partial charge in [-0.1, -0.05) is 37.3 Å². The number of rotatable bonds is 7. The summed E-state index contributed by atoms with van der Waals surface area (Å²) in [6, 6.07) is 12.8. The first-order valence-electron chi connectivity index (χ1n) is 7.50. The second kappa shape index (κ2) is 9.82. The standard InChI is InChI=1S/C17H21N3O2.ClH/c1-2-10-18-11-12-19-16(21)14-8-9-15(20-17(14)22)13-6-4-3-5-7-13;/h3-9,18H,2,10-12H2,1H3,(H,19,21)(H,20,22);1H. The van der Waals surface area contributed by atoms with Crippen LogP contribution in [0, 0.1) is 0 Å². The van der Waals surface area contributed by atoms with Crippen molar-refractivity contribution in [3.8, 4) is 11.3 Å². The summed E-state index contributed by atoms with van der Waals surface area (Å²) >= 11 is 0. The fourth-order valence-electron chi connectivity index (χ4n) is 2.10. The summed E-state index contributed by atoms with van der Waals surface area (Å²) in [6.45, 7) is 4.19. The highest BCUT2D eigenvalue weighted by molar-refractivity contribution is 5.94. The summed E-state index contributed by atoms with van der Waals surface area (Å²) in [7, 11) is 0. The number of aromatic nitrogens is 1. The Morgan fingerprint density at radius 2 is 1.78 bits per heavy atom. The van der Waals surface area contributed by atoms with Crippen LogP contribution in [0.25, 0.3) is 11.3 Å². The zero-order valence-electron chi connectivity index (χ0n) is 13.1. The van der Waals surface area contributed by atoms with Gasteiger partial charge in [0.2, 0.25) is 0 Å². The van der Waals surface area contributed by atoms with Gasteiger partial charge >= 0.3 is 0 Å². The normalized spacial score (nSPS) is 9.96. The first-order valence-corrected chi connectivity index (χ1v) is 7.50. The van der Waals surface area contributed by atoms with E-state index in [-0.39, 0.29) is 29.4 Å². The monoisotopic (exact) mass is 335 g/mol. The van der Waals surface area contributed by atoms with Gasteiger partial charge in [0.25, 0.3) is 11.5 Å². The van der Waals surface area contributed by atoms with Crippen LogP contribution in [-0.4, -0.2) is 30.5 Å². The van der Waals surface area contributed by atoms with Crippen LogP contribution >= 0.6 is 12.4 Å². The molecule has 0 unspecified atom stereocenters. The van der Waals surface area contributed by atoms with Crippen molar-refractivity contribution in [2.75, 3.05) is 19.6 Å². The van der Waals surface area contributed by atoms with Gasteiger partial charge in [0.1, 0.15) is 5.56 Å². The summed E-state index contributed by atoms with van der Waals surface area (Å²) in [5.41, 5.74) is 1.37. The summed E-state index contributed by atoms with van der Waals surface area (Å²) in [5, 5.41) is 5.92. The predicted molar refractivity (Wildman–Crippen MR) is 95.2 cm³/mol. The van der Waals surface area contributed by atoms with Gasteiger partial charge in [0, 0.05) is 18.8 Å². The molecular formula is C17H22ClN3O2. The number of pyridine rings is 1. The van der Waals surface area contributed by atoms with Gasteiger partial charge in [-0.15, -0.1) is 12.4 Å². The maximum absolute atomic E-state index is 12.1. The van der Waals surface area contributed by atoms with E-state index in [1.165, 1.54) is 0 Å². The Morgan fingerprint density at radius 1 is 1.04 bits per heavy atom. The molecule has 23 heavy (non-hydrogen) atoms. The number of H-pyrrole nitrogens is 1. The average molecular weight is 336 g/mol. The molecule has 2 aromatic rings. The van der Waals surface area contributed by atoms with Crippen molar-refractivity contribution in [1.29, 1.82) is 0 Å². The maximum Gasteiger partial charge on any atom is 0.261 e. The molecule has 5 nitrogen and oxygen atoms in total. The molecule has 0 radical (unpaired) electrons. The minimum absolute atomic E-state index is 0. The van der Waals surface area contributed by atoms with E-state index in [2.05, 4.69) is 22.5 Å². The number of hydrogen-bond acceptors (Lipinski definition) is 3. The van der Waals surface area contributed by atoms with E-state index in [0.29, 0.717) is 18.8 Å². The molecule has 1 amide bonds. The lowest BCUT2D eigenvalue weighted by Gasteiger charge is -2.07. The Morgan fingerprint density at radius 3 is 2.43 bits per heavy atom. The highest BCUT2D eigenvalue weighted by Gasteiger charge is 2.10. The van der Waals surface area contributed by atoms with E-state index in [4.69, 9.17) is 0 Å². The molecule has 6 heteroatoms. The molecule has 0 aliphatic heterocycles. The van der Waals surface area contributed by atoms with Crippen molar-refractivity contribution in [3.05, 3.63) is 58.4 Å². The SMILES string of the molecule is CCCNCCNC(=O)c1ccc(-c2ccccc2)[nH]c1=O.Cl. The second-order valence-electron chi connectivity index (χ2n) is 4.99. The van der Waals surface area contributed by atoms with Crippen LogP contribution in [-0.2, 0) is 0 Å². The van der Waals surface area contributed by atoms with E-state index in [0.717, 1.165) is 18.5 Å². The van der Waals surface area contributed by atoms with Crippen molar-refractivity contribution < 1.29 is 4.79 Å². The molecule has 0 spiro atoms. The minimum atomic E-state index is -0.375. The van der Waals surface area contributed by atoms with Gasteiger partial charge in [-0.25, -0.2) is 0 Å². The van der Waals surface area contributed by atoms with Crippen molar-refractivity contribution in [2.24, 2.45) is 0 Å². The molecule has 3 N–H and O–H groups in total. The first kappa shape index (κ1) is 18.9. The van der Waals surface area contributed by atoms with Crippen LogP contribution in [0.2, 0.25) is 0 Å². The minimum Gasteiger partial charge on any atom is -0.351 e. The molecule has 0 saturated heterocycles. The molecular weight excluding hydrogens is 314 g/mol. The molecule has 0 saturated carbocycles. The summed E-state index contributed by atoms with van der Waals surface area (Å²) < 4.78 is 0. The molecule has 0 aliphatic carbocycles. The maximum atomic E-state index is 12.1. The van der Waals surface area contributed by atoms with Crippen LogP contribution < -0.4 is 16.2 Å². The molecule has 1 aromatic heterocycles. The largest absolute Gasteiger partial charge is 0.351 e. The molecule has 2 rings (SSSR count). The number of amides is 1. The third-order valence-corrected chi connectivity index (χ3v) is 3.25. The highest BCUT2D eigenvalue weighted by atomic mass is 35.5. The van der Waals surface area contributed by atoms with Gasteiger partial charge in [-0.3, -0.25) is 9.59 Å². The number of halogens is 1. The van der Waals surface area contributed by atoms with Crippen molar-refractivity contribution in [3.63, 3.8) is 0 Å². The van der Waals surface area contributed by atoms with E-state index >= 15 is 0 Å². The van der Waals surface area contributed by atoms with E-state index < -0.39 is 0 Å². The molecule has 0 bridgehead atoms. The molecule has 1 aromatic carbocycles. The van der Waals surface area contributed by atoms with Gasteiger partial charge in [-0.2, -0.15) is 0 Å². The number of carbonyl (C=O) groups excluding carboxylic acids is 1. The smallest absolute Gasteiger partial charge is 0.261 e. The number of carbonyl (C=O) groups is 1. The topological polar surface area (TPSA) is 74.0 Å². The quantitative estimate of drug-likeness (QED) is 0.679. The summed E-state index contributed by atoms with van der Waals surface area (Å²) in [5.74, 6) is -0.348. The molecule has 0 fully saturated rings. The van der Waals surface area contributed by atoms with Crippen LogP contribution in [0.4, 0.5) is 0 Å². The molecule has 0 aliphatic rings. The lowest BCUT2D eigenvalue weighted by atomic mass is 10.1. The second-order valence-corrected chi connectivity index (χ2v) is 4.99. The fourth-order valence-corrected chi connectivity index (χ4v) is 2.10. The zero-order valence-corrected chi connectivity index (χ0v) is 13.9. The van der Waals surface area contributed by atoms with Crippen molar-refractivity contribution >= 4 is 18.3 Å². The third-order valence-electron chi connectivity index (χ3n) is 3.25. The number of nitrogens with one attached hydrogen (secondary N) is 3. The Labute approximate surface area is 141 Å². The first-order chi connectivity index (χ1) is 10.7. The van der Waals surface area contributed by atoms with Gasteiger partial charge in [-0.05, 0) is 30.7 Å². The summed E-state index contributed by atoms with van der Waals surface area (Å²) in [6.07, 6.45) is 1.05. The zero-order chi connectivity index (χ0) is 15.8. The lowest BCUT2D eigenvalue weighted by molar-refractivity contribution is 0.0952. The number of benzene rings is 1. The van der Waals surface area contributed by atoms with E-state index in [1.807, 2.05) is 30.3 Å². The Bertz CT molecular complexity index is 671. The van der Waals surface area contributed by atoms with Crippen LogP contribution in [0.3, 0.4) is 0 Å². The molecule has 0 atom stereocenters. The highest BCUT2D eigenvalue weighted by Crippen LogP contribution is 2.14. The number of hydrogen-bond donors (Lipinski definition) is 3. The predicted octanol–water partition coefficient (Wildman–Crippen LogP) is 2.19. The van der Waals surface area contributed by atoms with Crippen LogP contribution in [0.1, 0.15) is 23.7 Å². The fraction of sp³-hybridized carbons (Fsp3) is 0.294. The lowest BCUT2D eigenvalue weighted by Crippen LogP contribution is -2.34. The molecule has 124 valence electrons. The van der Waals surface area contributed by atoms with Crippen LogP contribution in [0.5, 0.6) is 0 Å². The van der Waals surface area contributed by atoms with Gasteiger partial charge in [0.15, 0.2) is 0 Å². The molecule has 1 heterocycles. The van der Waals surface area contributed by atoms with Crippen LogP contribution in [0.15, 0.2) is 47.3 Å². The van der Waals surface area contributed by atoms with Gasteiger partial charge < -0.3 is 15.6 Å². The Hall–Kier alpha value is -2.11. The van der Waals surface area contributed by atoms with Crippen molar-refractivity contribution in [2.45, 2.75) is 13.3 Å². The Balaban J connectivity index is 0.00000264. The average Bonchev–Trinajstić information content (AvgIpc) is 2.55. The Kier molecular flexibility index (Phi) is 8.08. The van der Waals surface area contributed by atoms with E-state index in [9.17, 15) is 9.59 Å². The third kappa shape index (κ3) is 5.54. The number of aromatic amines is 1. The summed E-state index contributed by atoms with van der Waals surface area (Å²) in [4.78, 5) is 26.8.